The van der Waals surface area contributed by atoms with Gasteiger partial charge in [0, 0.05) is 18.0 Å². The van der Waals surface area contributed by atoms with Crippen molar-refractivity contribution in [2.24, 2.45) is 0 Å². The zero-order valence-corrected chi connectivity index (χ0v) is 10.1. The first-order chi connectivity index (χ1) is 5.57. The molecule has 0 aliphatic carbocycles. The first-order valence-electron chi connectivity index (χ1n) is 4.41. The minimum atomic E-state index is 0.515. The van der Waals surface area contributed by atoms with Crippen LogP contribution in [-0.2, 0) is 4.74 Å². The Morgan fingerprint density at radius 1 is 1.42 bits per heavy atom. The van der Waals surface area contributed by atoms with Gasteiger partial charge < -0.3 is 9.64 Å². The topological polar surface area (TPSA) is 12.5 Å². The number of ether oxygens (including phenoxy) is 1. The van der Waals surface area contributed by atoms with Crippen LogP contribution >= 0.6 is 15.9 Å². The molecule has 0 heterocycles. The van der Waals surface area contributed by atoms with Crippen LogP contribution in [-0.4, -0.2) is 43.1 Å². The Bertz CT molecular complexity index is 109. The van der Waals surface area contributed by atoms with E-state index >= 15 is 0 Å². The van der Waals surface area contributed by atoms with Crippen molar-refractivity contribution in [2.45, 2.75) is 31.1 Å². The average Bonchev–Trinajstić information content (AvgIpc) is 2.00. The molecule has 2 unspecified atom stereocenters. The fourth-order valence-electron chi connectivity index (χ4n) is 0.970. The number of rotatable bonds is 6. The highest BCUT2D eigenvalue weighted by atomic mass is 79.9. The molecule has 0 aromatic heterocycles. The predicted molar refractivity (Wildman–Crippen MR) is 57.0 cm³/mol. The van der Waals surface area contributed by atoms with E-state index in [1.807, 2.05) is 0 Å². The van der Waals surface area contributed by atoms with E-state index in [1.165, 1.54) is 6.42 Å². The largest absolute Gasteiger partial charge is 0.383 e. The van der Waals surface area contributed by atoms with Gasteiger partial charge in [0.25, 0.3) is 0 Å². The first-order valence-corrected chi connectivity index (χ1v) is 5.32. The van der Waals surface area contributed by atoms with Gasteiger partial charge in [-0.15, -0.1) is 0 Å². The van der Waals surface area contributed by atoms with Gasteiger partial charge in [-0.05, 0) is 26.9 Å². The van der Waals surface area contributed by atoms with Crippen LogP contribution in [0.2, 0.25) is 0 Å². The Hall–Kier alpha value is 0.400. The molecular weight excluding hydrogens is 218 g/mol. The van der Waals surface area contributed by atoms with Crippen molar-refractivity contribution in [1.82, 2.24) is 4.90 Å². The molecule has 0 spiro atoms. The minimum absolute atomic E-state index is 0.515. The number of methoxy groups -OCH3 is 1. The molecule has 0 aliphatic rings. The Kier molecular flexibility index (Phi) is 7.10. The summed E-state index contributed by atoms with van der Waals surface area (Å²) >= 11 is 3.53. The Labute approximate surface area is 84.4 Å². The van der Waals surface area contributed by atoms with Gasteiger partial charge >= 0.3 is 0 Å². The summed E-state index contributed by atoms with van der Waals surface area (Å²) in [6, 6.07) is 0.515. The monoisotopic (exact) mass is 237 g/mol. The summed E-state index contributed by atoms with van der Waals surface area (Å²) in [5, 5.41) is 0. The van der Waals surface area contributed by atoms with Crippen molar-refractivity contribution in [3.05, 3.63) is 0 Å². The van der Waals surface area contributed by atoms with Gasteiger partial charge in [-0.1, -0.05) is 22.9 Å². The Morgan fingerprint density at radius 2 is 2.00 bits per heavy atom. The quantitative estimate of drug-likeness (QED) is 0.657. The lowest BCUT2D eigenvalue weighted by Crippen LogP contribution is -2.34. The molecule has 0 bridgehead atoms. The number of alkyl halides is 1. The molecule has 74 valence electrons. The van der Waals surface area contributed by atoms with E-state index in [4.69, 9.17) is 4.74 Å². The molecule has 0 N–H and O–H groups in total. The maximum absolute atomic E-state index is 5.08. The lowest BCUT2D eigenvalue weighted by Gasteiger charge is -2.24. The zero-order valence-electron chi connectivity index (χ0n) is 8.51. The van der Waals surface area contributed by atoms with Crippen LogP contribution in [0.5, 0.6) is 0 Å². The van der Waals surface area contributed by atoms with E-state index in [9.17, 15) is 0 Å². The summed E-state index contributed by atoms with van der Waals surface area (Å²) in [5.74, 6) is 0. The number of likely N-dealkylation sites (N-methyl/N-ethyl adjacent to an activating group) is 1. The second kappa shape index (κ2) is 6.87. The molecule has 0 saturated heterocycles. The van der Waals surface area contributed by atoms with Crippen LogP contribution < -0.4 is 0 Å². The molecule has 3 heteroatoms. The van der Waals surface area contributed by atoms with Gasteiger partial charge in [-0.25, -0.2) is 0 Å². The fourth-order valence-corrected chi connectivity index (χ4v) is 1.18. The molecule has 0 saturated carbocycles. The third kappa shape index (κ3) is 5.98. The molecule has 0 aromatic carbocycles. The molecule has 0 radical (unpaired) electrons. The van der Waals surface area contributed by atoms with E-state index in [-0.39, 0.29) is 0 Å². The smallest absolute Gasteiger partial charge is 0.0615 e. The second-order valence-corrected chi connectivity index (χ2v) is 4.92. The van der Waals surface area contributed by atoms with Crippen molar-refractivity contribution in [3.8, 4) is 0 Å². The highest BCUT2D eigenvalue weighted by molar-refractivity contribution is 9.09. The maximum Gasteiger partial charge on any atom is 0.0615 e. The summed E-state index contributed by atoms with van der Waals surface area (Å²) in [4.78, 5) is 2.93. The molecule has 2 atom stereocenters. The third-order valence-corrected chi connectivity index (χ3v) is 2.50. The van der Waals surface area contributed by atoms with Crippen LogP contribution in [0.15, 0.2) is 0 Å². The van der Waals surface area contributed by atoms with E-state index in [0.717, 1.165) is 13.2 Å². The molecule has 0 amide bonds. The van der Waals surface area contributed by atoms with Crippen molar-refractivity contribution < 1.29 is 4.74 Å². The maximum atomic E-state index is 5.08. The highest BCUT2D eigenvalue weighted by Crippen LogP contribution is 2.05. The first kappa shape index (κ1) is 12.4. The molecule has 12 heavy (non-hydrogen) atoms. The highest BCUT2D eigenvalue weighted by Gasteiger charge is 2.08. The average molecular weight is 238 g/mol. The summed E-state index contributed by atoms with van der Waals surface area (Å²) in [7, 11) is 3.89. The lowest BCUT2D eigenvalue weighted by molar-refractivity contribution is 0.115. The van der Waals surface area contributed by atoms with Crippen LogP contribution in [0, 0.1) is 0 Å². The summed E-state index contributed by atoms with van der Waals surface area (Å²) in [5.41, 5.74) is 0. The molecule has 0 fully saturated rings. The third-order valence-electron chi connectivity index (χ3n) is 2.04. The Morgan fingerprint density at radius 3 is 2.42 bits per heavy atom. The van der Waals surface area contributed by atoms with Crippen LogP contribution in [0.1, 0.15) is 20.3 Å². The predicted octanol–water partition coefficient (Wildman–Crippen LogP) is 2.13. The van der Waals surface area contributed by atoms with E-state index < -0.39 is 0 Å². The fraction of sp³-hybridized carbons (Fsp3) is 1.00. The SMILES string of the molecule is COCC(C)N(C)CCC(C)Br. The number of hydrogen-bond donors (Lipinski definition) is 0. The van der Waals surface area contributed by atoms with Crippen molar-refractivity contribution in [2.75, 3.05) is 27.3 Å². The van der Waals surface area contributed by atoms with Gasteiger partial charge in [-0.3, -0.25) is 0 Å². The van der Waals surface area contributed by atoms with Crippen molar-refractivity contribution >= 4 is 15.9 Å². The van der Waals surface area contributed by atoms with E-state index in [2.05, 4.69) is 41.7 Å². The van der Waals surface area contributed by atoms with Crippen LogP contribution in [0.3, 0.4) is 0 Å². The van der Waals surface area contributed by atoms with Gasteiger partial charge in [0.1, 0.15) is 0 Å². The lowest BCUT2D eigenvalue weighted by atomic mass is 10.2. The van der Waals surface area contributed by atoms with Gasteiger partial charge in [0.05, 0.1) is 6.61 Å². The van der Waals surface area contributed by atoms with E-state index in [0.29, 0.717) is 10.9 Å². The van der Waals surface area contributed by atoms with Gasteiger partial charge in [0.15, 0.2) is 0 Å². The molecule has 0 aromatic rings. The van der Waals surface area contributed by atoms with Crippen molar-refractivity contribution in [1.29, 1.82) is 0 Å². The summed E-state index contributed by atoms with van der Waals surface area (Å²) in [6.45, 7) is 6.29. The normalized spacial score (nSPS) is 16.5. The molecule has 2 nitrogen and oxygen atoms in total. The summed E-state index contributed by atoms with van der Waals surface area (Å²) in [6.07, 6.45) is 1.19. The van der Waals surface area contributed by atoms with Crippen molar-refractivity contribution in [3.63, 3.8) is 0 Å². The second-order valence-electron chi connectivity index (χ2n) is 3.35. The molecule has 0 aliphatic heterocycles. The number of halogens is 1. The van der Waals surface area contributed by atoms with Crippen LogP contribution in [0.4, 0.5) is 0 Å². The minimum Gasteiger partial charge on any atom is -0.383 e. The molecular formula is C9H20BrNO. The van der Waals surface area contributed by atoms with Crippen LogP contribution in [0.25, 0.3) is 0 Å². The Balaban J connectivity index is 3.49. The standard InChI is InChI=1S/C9H20BrNO/c1-8(10)5-6-11(3)9(2)7-12-4/h8-9H,5-7H2,1-4H3. The summed E-state index contributed by atoms with van der Waals surface area (Å²) < 4.78 is 5.08. The van der Waals surface area contributed by atoms with Gasteiger partial charge in [-0.2, -0.15) is 0 Å². The molecule has 0 rings (SSSR count). The van der Waals surface area contributed by atoms with E-state index in [1.54, 1.807) is 7.11 Å². The zero-order chi connectivity index (χ0) is 9.56. The number of hydrogen-bond acceptors (Lipinski definition) is 2. The number of nitrogens with zero attached hydrogens (tertiary/aromatic N) is 1. The van der Waals surface area contributed by atoms with Gasteiger partial charge in [0.2, 0.25) is 0 Å².